The van der Waals surface area contributed by atoms with E-state index in [2.05, 4.69) is 15.2 Å². The normalized spacial score (nSPS) is 11.1. The van der Waals surface area contributed by atoms with E-state index < -0.39 is 0 Å². The lowest BCUT2D eigenvalue weighted by Crippen LogP contribution is -2.21. The smallest absolute Gasteiger partial charge is 0.211 e. The monoisotopic (exact) mass is 295 g/mol. The average Bonchev–Trinajstić information content (AvgIpc) is 2.87. The van der Waals surface area contributed by atoms with Crippen molar-refractivity contribution < 1.29 is 4.39 Å². The summed E-state index contributed by atoms with van der Waals surface area (Å²) in [7, 11) is 0. The maximum atomic E-state index is 13.1. The molecule has 1 heterocycles. The molecule has 0 amide bonds. The van der Waals surface area contributed by atoms with Gasteiger partial charge in [-0.2, -0.15) is 5.10 Å². The summed E-state index contributed by atoms with van der Waals surface area (Å²) in [4.78, 5) is 3.31. The number of para-hydroxylation sites is 1. The van der Waals surface area contributed by atoms with Crippen LogP contribution in [0.15, 0.2) is 58.7 Å². The van der Waals surface area contributed by atoms with E-state index in [1.807, 2.05) is 24.3 Å². The number of aromatic nitrogens is 1. The summed E-state index contributed by atoms with van der Waals surface area (Å²) in [5, 5.41) is 8.49. The van der Waals surface area contributed by atoms with E-state index in [-0.39, 0.29) is 11.8 Å². The first-order valence-corrected chi connectivity index (χ1v) is 6.64. The van der Waals surface area contributed by atoms with Gasteiger partial charge < -0.3 is 16.5 Å². The molecule has 0 spiro atoms. The van der Waals surface area contributed by atoms with Crippen LogP contribution in [0.4, 0.5) is 4.39 Å². The highest BCUT2D eigenvalue weighted by Gasteiger charge is 2.11. The van der Waals surface area contributed by atoms with Crippen LogP contribution < -0.4 is 11.5 Å². The Hall–Kier alpha value is -3.15. The van der Waals surface area contributed by atoms with Crippen LogP contribution >= 0.6 is 0 Å². The van der Waals surface area contributed by atoms with Gasteiger partial charge in [-0.15, -0.1) is 5.10 Å². The zero-order valence-electron chi connectivity index (χ0n) is 11.6. The van der Waals surface area contributed by atoms with Gasteiger partial charge in [0.2, 0.25) is 5.96 Å². The highest BCUT2D eigenvalue weighted by atomic mass is 19.1. The van der Waals surface area contributed by atoms with Crippen molar-refractivity contribution in [1.29, 1.82) is 0 Å². The number of guanidine groups is 1. The van der Waals surface area contributed by atoms with Gasteiger partial charge in [0.25, 0.3) is 0 Å². The molecule has 5 nitrogen and oxygen atoms in total. The Morgan fingerprint density at radius 3 is 2.50 bits per heavy atom. The van der Waals surface area contributed by atoms with E-state index in [0.717, 1.165) is 27.7 Å². The topological polar surface area (TPSA) is 92.6 Å². The first-order valence-electron chi connectivity index (χ1n) is 6.64. The second-order valence-corrected chi connectivity index (χ2v) is 4.74. The lowest BCUT2D eigenvalue weighted by atomic mass is 10.1. The minimum absolute atomic E-state index is 0.112. The van der Waals surface area contributed by atoms with Crippen molar-refractivity contribution >= 4 is 23.1 Å². The quantitative estimate of drug-likeness (QED) is 0.393. The van der Waals surface area contributed by atoms with E-state index in [9.17, 15) is 4.39 Å². The van der Waals surface area contributed by atoms with E-state index in [0.29, 0.717) is 0 Å². The van der Waals surface area contributed by atoms with Crippen molar-refractivity contribution in [2.24, 2.45) is 21.7 Å². The highest BCUT2D eigenvalue weighted by molar-refractivity contribution is 6.05. The molecule has 1 aromatic heterocycles. The van der Waals surface area contributed by atoms with Gasteiger partial charge in [0.1, 0.15) is 5.82 Å². The second kappa shape index (κ2) is 5.69. The summed E-state index contributed by atoms with van der Waals surface area (Å²) in [5.74, 6) is -0.394. The molecule has 0 aliphatic carbocycles. The molecule has 0 saturated carbocycles. The maximum absolute atomic E-state index is 13.1. The lowest BCUT2D eigenvalue weighted by molar-refractivity contribution is 0.628. The van der Waals surface area contributed by atoms with Crippen LogP contribution in [0, 0.1) is 5.82 Å². The molecule has 3 rings (SSSR count). The van der Waals surface area contributed by atoms with Gasteiger partial charge in [-0.1, -0.05) is 18.2 Å². The van der Waals surface area contributed by atoms with E-state index >= 15 is 0 Å². The molecule has 2 aromatic carbocycles. The van der Waals surface area contributed by atoms with Crippen LogP contribution in [0.25, 0.3) is 22.2 Å². The Morgan fingerprint density at radius 2 is 1.77 bits per heavy atom. The van der Waals surface area contributed by atoms with Gasteiger partial charge in [0.15, 0.2) is 0 Å². The zero-order chi connectivity index (χ0) is 15.5. The molecule has 0 saturated heterocycles. The number of aromatic amines is 1. The van der Waals surface area contributed by atoms with Gasteiger partial charge in [0.05, 0.1) is 11.9 Å². The molecule has 0 fully saturated rings. The van der Waals surface area contributed by atoms with Crippen LogP contribution in [0.1, 0.15) is 5.56 Å². The van der Waals surface area contributed by atoms with Crippen LogP contribution in [0.3, 0.4) is 0 Å². The van der Waals surface area contributed by atoms with Crippen LogP contribution in [-0.4, -0.2) is 17.2 Å². The van der Waals surface area contributed by atoms with E-state index in [1.165, 1.54) is 12.1 Å². The number of H-pyrrole nitrogens is 1. The molecule has 0 aliphatic rings. The summed E-state index contributed by atoms with van der Waals surface area (Å²) < 4.78 is 13.1. The number of hydrogen-bond donors (Lipinski definition) is 3. The number of benzene rings is 2. The zero-order valence-corrected chi connectivity index (χ0v) is 11.6. The lowest BCUT2D eigenvalue weighted by Gasteiger charge is -2.00. The van der Waals surface area contributed by atoms with Crippen LogP contribution in [0.5, 0.6) is 0 Å². The van der Waals surface area contributed by atoms with Crippen molar-refractivity contribution in [1.82, 2.24) is 4.98 Å². The third kappa shape index (κ3) is 2.67. The molecule has 0 unspecified atom stereocenters. The minimum Gasteiger partial charge on any atom is -0.369 e. The SMILES string of the molecule is NC(N)=NN=Cc1c(-c2ccc(F)cc2)[nH]c2ccccc12. The third-order valence-electron chi connectivity index (χ3n) is 3.24. The standard InChI is InChI=1S/C16H14FN5/c17-11-7-5-10(6-8-11)15-13(9-20-22-16(18)19)12-3-1-2-4-14(12)21-15/h1-9,21H,(H4,18,19,22). The number of nitrogens with two attached hydrogens (primary N) is 2. The van der Waals surface area contributed by atoms with Crippen molar-refractivity contribution in [3.8, 4) is 11.3 Å². The van der Waals surface area contributed by atoms with Crippen LogP contribution in [0.2, 0.25) is 0 Å². The van der Waals surface area contributed by atoms with Gasteiger partial charge in [-0.05, 0) is 35.9 Å². The Kier molecular flexibility index (Phi) is 3.57. The molecule has 0 aliphatic heterocycles. The maximum Gasteiger partial charge on any atom is 0.211 e. The molecular formula is C16H14FN5. The molecule has 110 valence electrons. The third-order valence-corrected chi connectivity index (χ3v) is 3.24. The Balaban J connectivity index is 2.18. The second-order valence-electron chi connectivity index (χ2n) is 4.74. The van der Waals surface area contributed by atoms with Gasteiger partial charge in [0, 0.05) is 16.5 Å². The van der Waals surface area contributed by atoms with Crippen molar-refractivity contribution in [3.63, 3.8) is 0 Å². The Bertz CT molecular complexity index is 858. The Morgan fingerprint density at radius 1 is 1.05 bits per heavy atom. The number of hydrogen-bond acceptors (Lipinski definition) is 2. The number of halogens is 1. The molecule has 0 bridgehead atoms. The molecular weight excluding hydrogens is 281 g/mol. The number of rotatable bonds is 3. The first kappa shape index (κ1) is 13.8. The predicted molar refractivity (Wildman–Crippen MR) is 87.1 cm³/mol. The summed E-state index contributed by atoms with van der Waals surface area (Å²) in [6, 6.07) is 14.0. The fourth-order valence-electron chi connectivity index (χ4n) is 2.30. The van der Waals surface area contributed by atoms with E-state index in [4.69, 9.17) is 11.5 Å². The van der Waals surface area contributed by atoms with E-state index in [1.54, 1.807) is 18.3 Å². The fraction of sp³-hybridized carbons (Fsp3) is 0. The number of nitrogens with zero attached hydrogens (tertiary/aromatic N) is 2. The minimum atomic E-state index is -0.282. The highest BCUT2D eigenvalue weighted by Crippen LogP contribution is 2.29. The number of fused-ring (bicyclic) bond motifs is 1. The van der Waals surface area contributed by atoms with Gasteiger partial charge >= 0.3 is 0 Å². The van der Waals surface area contributed by atoms with Crippen molar-refractivity contribution in [3.05, 3.63) is 59.9 Å². The number of nitrogens with one attached hydrogen (secondary N) is 1. The summed E-state index contributed by atoms with van der Waals surface area (Å²) in [5.41, 5.74) is 14.0. The molecule has 3 aromatic rings. The predicted octanol–water partition coefficient (Wildman–Crippen LogP) is 2.58. The Labute approximate surface area is 126 Å². The summed E-state index contributed by atoms with van der Waals surface area (Å²) >= 11 is 0. The van der Waals surface area contributed by atoms with Crippen molar-refractivity contribution in [2.45, 2.75) is 0 Å². The summed E-state index contributed by atoms with van der Waals surface area (Å²) in [6.45, 7) is 0. The summed E-state index contributed by atoms with van der Waals surface area (Å²) in [6.07, 6.45) is 1.58. The largest absolute Gasteiger partial charge is 0.369 e. The molecule has 6 heteroatoms. The van der Waals surface area contributed by atoms with Gasteiger partial charge in [-0.25, -0.2) is 4.39 Å². The molecule has 0 atom stereocenters. The van der Waals surface area contributed by atoms with Gasteiger partial charge in [-0.3, -0.25) is 0 Å². The molecule has 0 radical (unpaired) electrons. The molecule has 5 N–H and O–H groups in total. The fourth-order valence-corrected chi connectivity index (χ4v) is 2.30. The molecule has 22 heavy (non-hydrogen) atoms. The van der Waals surface area contributed by atoms with Crippen LogP contribution in [-0.2, 0) is 0 Å². The van der Waals surface area contributed by atoms with Crippen molar-refractivity contribution in [2.75, 3.05) is 0 Å². The average molecular weight is 295 g/mol. The first-order chi connectivity index (χ1) is 10.6.